The summed E-state index contributed by atoms with van der Waals surface area (Å²) in [5, 5.41) is 3.03. The Balaban J connectivity index is 1.64. The topological polar surface area (TPSA) is 64.6 Å². The molecule has 2 fully saturated rings. The summed E-state index contributed by atoms with van der Waals surface area (Å²) in [5.74, 6) is 5.75. The van der Waals surface area contributed by atoms with Crippen molar-refractivity contribution in [2.24, 2.45) is 0 Å². The van der Waals surface area contributed by atoms with Crippen LogP contribution < -0.4 is 14.8 Å². The van der Waals surface area contributed by atoms with Crippen molar-refractivity contribution < 1.29 is 19.1 Å². The molecule has 2 aromatic carbocycles. The second-order valence-electron chi connectivity index (χ2n) is 7.97. The quantitative estimate of drug-likeness (QED) is 0.519. The Morgan fingerprint density at radius 1 is 1.19 bits per heavy atom. The fourth-order valence-corrected chi connectivity index (χ4v) is 5.31. The zero-order valence-electron chi connectivity index (χ0n) is 17.5. The Bertz CT molecular complexity index is 1070. The van der Waals surface area contributed by atoms with Gasteiger partial charge < -0.3 is 14.8 Å². The predicted molar refractivity (Wildman–Crippen MR) is 121 cm³/mol. The SMILES string of the molecule is CC#Cc1cc(Br)c(C2C(=O)NC3(CCCC(Oc4ccccc4)C3)C2=O)c(OC)c1. The van der Waals surface area contributed by atoms with Gasteiger partial charge in [0.05, 0.1) is 7.11 Å². The fraction of sp³-hybridized carbons (Fsp3) is 0.360. The number of carbonyl (C=O) groups excluding carboxylic acids is 2. The predicted octanol–water partition coefficient (Wildman–Crippen LogP) is 4.37. The van der Waals surface area contributed by atoms with Gasteiger partial charge in [-0.15, -0.1) is 5.92 Å². The molecule has 1 saturated heterocycles. The molecule has 1 aliphatic heterocycles. The van der Waals surface area contributed by atoms with Crippen LogP contribution in [0.3, 0.4) is 0 Å². The monoisotopic (exact) mass is 481 g/mol. The molecular formula is C25H24BrNO4. The summed E-state index contributed by atoms with van der Waals surface area (Å²) in [6.07, 6.45) is 2.60. The Morgan fingerprint density at radius 2 is 1.97 bits per heavy atom. The van der Waals surface area contributed by atoms with E-state index in [9.17, 15) is 9.59 Å². The molecule has 3 unspecified atom stereocenters. The number of ketones is 1. The van der Waals surface area contributed by atoms with Gasteiger partial charge >= 0.3 is 0 Å². The zero-order chi connectivity index (χ0) is 22.0. The van der Waals surface area contributed by atoms with E-state index in [0.29, 0.717) is 28.6 Å². The Kier molecular flexibility index (Phi) is 6.06. The van der Waals surface area contributed by atoms with Crippen LogP contribution in [0.1, 0.15) is 49.7 Å². The van der Waals surface area contributed by atoms with Gasteiger partial charge in [-0.05, 0) is 50.5 Å². The number of rotatable bonds is 4. The molecule has 1 spiro atoms. The van der Waals surface area contributed by atoms with Crippen LogP contribution in [0.5, 0.6) is 11.5 Å². The van der Waals surface area contributed by atoms with E-state index >= 15 is 0 Å². The van der Waals surface area contributed by atoms with Crippen LogP contribution in [-0.4, -0.2) is 30.4 Å². The van der Waals surface area contributed by atoms with Gasteiger partial charge in [0.25, 0.3) is 0 Å². The van der Waals surface area contributed by atoms with Crippen LogP contribution in [0.25, 0.3) is 0 Å². The largest absolute Gasteiger partial charge is 0.496 e. The molecule has 160 valence electrons. The summed E-state index contributed by atoms with van der Waals surface area (Å²) < 4.78 is 12.3. The average Bonchev–Trinajstić information content (AvgIpc) is 2.98. The second-order valence-corrected chi connectivity index (χ2v) is 8.82. The van der Waals surface area contributed by atoms with Crippen molar-refractivity contribution in [2.45, 2.75) is 50.2 Å². The molecule has 0 radical (unpaired) electrons. The molecule has 1 heterocycles. The lowest BCUT2D eigenvalue weighted by atomic mass is 9.75. The number of carbonyl (C=O) groups is 2. The average molecular weight is 482 g/mol. The molecule has 3 atom stereocenters. The van der Waals surface area contributed by atoms with Crippen LogP contribution in [-0.2, 0) is 9.59 Å². The lowest BCUT2D eigenvalue weighted by Gasteiger charge is -2.36. The summed E-state index contributed by atoms with van der Waals surface area (Å²) in [6.45, 7) is 1.75. The van der Waals surface area contributed by atoms with E-state index in [1.807, 2.05) is 36.4 Å². The summed E-state index contributed by atoms with van der Waals surface area (Å²) in [6, 6.07) is 13.2. The molecule has 0 bridgehead atoms. The normalized spacial score (nSPS) is 25.0. The van der Waals surface area contributed by atoms with E-state index in [0.717, 1.165) is 24.2 Å². The number of benzene rings is 2. The smallest absolute Gasteiger partial charge is 0.236 e. The van der Waals surface area contributed by atoms with Crippen LogP contribution in [0.2, 0.25) is 0 Å². The van der Waals surface area contributed by atoms with E-state index < -0.39 is 11.5 Å². The lowest BCUT2D eigenvalue weighted by Crippen LogP contribution is -2.52. The maximum atomic E-state index is 13.7. The number of ether oxygens (including phenoxy) is 2. The first kappa shape index (κ1) is 21.5. The summed E-state index contributed by atoms with van der Waals surface area (Å²) >= 11 is 3.54. The molecule has 1 amide bonds. The van der Waals surface area contributed by atoms with Crippen LogP contribution >= 0.6 is 15.9 Å². The first-order valence-corrected chi connectivity index (χ1v) is 11.1. The number of methoxy groups -OCH3 is 1. The Hall–Kier alpha value is -2.78. The number of hydrogen-bond donors (Lipinski definition) is 1. The maximum absolute atomic E-state index is 13.7. The minimum atomic E-state index is -0.927. The molecule has 31 heavy (non-hydrogen) atoms. The molecule has 1 saturated carbocycles. The van der Waals surface area contributed by atoms with E-state index in [1.54, 1.807) is 13.0 Å². The highest BCUT2D eigenvalue weighted by molar-refractivity contribution is 9.10. The van der Waals surface area contributed by atoms with Gasteiger partial charge in [0.15, 0.2) is 5.78 Å². The summed E-state index contributed by atoms with van der Waals surface area (Å²) in [7, 11) is 1.53. The third-order valence-corrected chi connectivity index (χ3v) is 6.64. The number of amides is 1. The highest BCUT2D eigenvalue weighted by Crippen LogP contribution is 2.44. The molecule has 1 aliphatic carbocycles. The molecule has 2 aromatic rings. The van der Waals surface area contributed by atoms with Crippen LogP contribution in [0, 0.1) is 11.8 Å². The number of hydrogen-bond acceptors (Lipinski definition) is 4. The third kappa shape index (κ3) is 4.07. The molecule has 2 aliphatic rings. The fourth-order valence-electron chi connectivity index (χ4n) is 4.64. The second kappa shape index (κ2) is 8.76. The number of Topliss-reactive ketones (excluding diaryl/α,β-unsaturated/α-hetero) is 1. The minimum absolute atomic E-state index is 0.118. The first-order valence-electron chi connectivity index (χ1n) is 10.4. The van der Waals surface area contributed by atoms with Gasteiger partial charge in [-0.1, -0.05) is 40.0 Å². The first-order chi connectivity index (χ1) is 15.0. The number of nitrogens with one attached hydrogen (secondary N) is 1. The van der Waals surface area contributed by atoms with Gasteiger partial charge in [0.1, 0.15) is 29.1 Å². The van der Waals surface area contributed by atoms with Crippen molar-refractivity contribution in [2.75, 3.05) is 7.11 Å². The molecule has 0 aromatic heterocycles. The van der Waals surface area contributed by atoms with Crippen molar-refractivity contribution in [1.29, 1.82) is 0 Å². The van der Waals surface area contributed by atoms with Gasteiger partial charge in [-0.2, -0.15) is 0 Å². The third-order valence-electron chi connectivity index (χ3n) is 5.98. The molecular weight excluding hydrogens is 458 g/mol. The minimum Gasteiger partial charge on any atom is -0.496 e. The number of para-hydroxylation sites is 1. The molecule has 4 rings (SSSR count). The number of halogens is 1. The standard InChI is InChI=1S/C25H24BrNO4/c1-3-8-16-13-19(26)21(20(14-16)30-2)22-23(28)25(27-24(22)29)12-7-11-18(15-25)31-17-9-5-4-6-10-17/h4-6,9-10,13-14,18,22H,7,11-12,15H2,1-2H3,(H,27,29). The van der Waals surface area contributed by atoms with Crippen molar-refractivity contribution >= 4 is 27.6 Å². The van der Waals surface area contributed by atoms with Crippen LogP contribution in [0.15, 0.2) is 46.9 Å². The van der Waals surface area contributed by atoms with Crippen molar-refractivity contribution in [3.63, 3.8) is 0 Å². The van der Waals surface area contributed by atoms with Gasteiger partial charge in [-0.3, -0.25) is 9.59 Å². The maximum Gasteiger partial charge on any atom is 0.236 e. The van der Waals surface area contributed by atoms with Crippen molar-refractivity contribution in [3.05, 3.63) is 58.1 Å². The van der Waals surface area contributed by atoms with Crippen molar-refractivity contribution in [3.8, 4) is 23.3 Å². The highest BCUT2D eigenvalue weighted by atomic mass is 79.9. The molecule has 5 nitrogen and oxygen atoms in total. The van der Waals surface area contributed by atoms with E-state index in [1.165, 1.54) is 7.11 Å². The van der Waals surface area contributed by atoms with Crippen LogP contribution in [0.4, 0.5) is 0 Å². The Labute approximate surface area is 190 Å². The lowest BCUT2D eigenvalue weighted by molar-refractivity contribution is -0.126. The van der Waals surface area contributed by atoms with E-state index in [2.05, 4.69) is 33.1 Å². The van der Waals surface area contributed by atoms with Crippen molar-refractivity contribution in [1.82, 2.24) is 5.32 Å². The Morgan fingerprint density at radius 3 is 2.68 bits per heavy atom. The molecule has 1 N–H and O–H groups in total. The van der Waals surface area contributed by atoms with Gasteiger partial charge in [0.2, 0.25) is 5.91 Å². The molecule has 6 heteroatoms. The zero-order valence-corrected chi connectivity index (χ0v) is 19.1. The summed E-state index contributed by atoms with van der Waals surface area (Å²) in [4.78, 5) is 26.8. The highest BCUT2D eigenvalue weighted by Gasteiger charge is 2.56. The van der Waals surface area contributed by atoms with Gasteiger partial charge in [0, 0.05) is 22.0 Å². The van der Waals surface area contributed by atoms with Gasteiger partial charge in [-0.25, -0.2) is 0 Å². The van der Waals surface area contributed by atoms with E-state index in [-0.39, 0.29) is 17.8 Å². The van der Waals surface area contributed by atoms with E-state index in [4.69, 9.17) is 9.47 Å². The summed E-state index contributed by atoms with van der Waals surface area (Å²) in [5.41, 5.74) is 0.394.